The Kier molecular flexibility index (Phi) is 2.83. The summed E-state index contributed by atoms with van der Waals surface area (Å²) in [5.74, 6) is -0.663. The summed E-state index contributed by atoms with van der Waals surface area (Å²) in [5, 5.41) is 2.66. The average Bonchev–Trinajstić information content (AvgIpc) is 2.53. The lowest BCUT2D eigenvalue weighted by atomic mass is 10.0. The fraction of sp³-hybridized carbons (Fsp3) is 0.417. The van der Waals surface area contributed by atoms with E-state index in [-0.39, 0.29) is 11.9 Å². The molecule has 1 N–H and O–H groups in total. The number of nitrogens with one attached hydrogen (secondary N) is 1. The molecule has 1 saturated heterocycles. The molecule has 1 atom stereocenters. The first-order chi connectivity index (χ1) is 7.98. The number of amides is 1. The molecule has 1 aromatic heterocycles. The number of hydrogen-bond donors (Lipinski definition) is 1. The van der Waals surface area contributed by atoms with E-state index in [2.05, 4.69) is 10.3 Å². The number of rotatable bonds is 2. The molecule has 17 heavy (non-hydrogen) atoms. The third kappa shape index (κ3) is 2.61. The number of carbonyl (C=O) groups is 2. The van der Waals surface area contributed by atoms with Crippen molar-refractivity contribution in [1.82, 2.24) is 10.3 Å². The molecule has 1 unspecified atom stereocenters. The lowest BCUT2D eigenvalue weighted by Crippen LogP contribution is -2.38. The van der Waals surface area contributed by atoms with Crippen molar-refractivity contribution in [3.05, 3.63) is 30.1 Å². The van der Waals surface area contributed by atoms with E-state index in [0.717, 1.165) is 0 Å². The van der Waals surface area contributed by atoms with Crippen LogP contribution >= 0.6 is 0 Å². The highest BCUT2D eigenvalue weighted by atomic mass is 16.6. The Morgan fingerprint density at radius 2 is 2.12 bits per heavy atom. The summed E-state index contributed by atoms with van der Waals surface area (Å²) < 4.78 is 5.13. The van der Waals surface area contributed by atoms with Crippen molar-refractivity contribution in [2.75, 3.05) is 0 Å². The number of hydrogen-bond acceptors (Lipinski definition) is 4. The molecule has 0 spiro atoms. The van der Waals surface area contributed by atoms with Crippen LogP contribution in [0.3, 0.4) is 0 Å². The van der Waals surface area contributed by atoms with Gasteiger partial charge < -0.3 is 10.1 Å². The molecule has 0 aliphatic carbocycles. The van der Waals surface area contributed by atoms with Gasteiger partial charge >= 0.3 is 5.97 Å². The van der Waals surface area contributed by atoms with Crippen LogP contribution in [0.1, 0.15) is 30.6 Å². The highest BCUT2D eigenvalue weighted by molar-refractivity contribution is 5.97. The Morgan fingerprint density at radius 3 is 2.65 bits per heavy atom. The first-order valence-corrected chi connectivity index (χ1v) is 5.42. The van der Waals surface area contributed by atoms with Gasteiger partial charge in [0.05, 0.1) is 0 Å². The lowest BCUT2D eigenvalue weighted by molar-refractivity contribution is -0.147. The monoisotopic (exact) mass is 234 g/mol. The number of cyclic esters (lactones) is 1. The minimum atomic E-state index is -0.564. The van der Waals surface area contributed by atoms with Gasteiger partial charge in [-0.3, -0.25) is 9.78 Å². The highest BCUT2D eigenvalue weighted by Gasteiger charge is 2.40. The fourth-order valence-electron chi connectivity index (χ4n) is 1.81. The molecule has 1 aliphatic rings. The summed E-state index contributed by atoms with van der Waals surface area (Å²) in [5.41, 5.74) is -0.0229. The second-order valence-electron chi connectivity index (χ2n) is 4.65. The molecule has 2 rings (SSSR count). The molecule has 1 aromatic rings. The summed E-state index contributed by atoms with van der Waals surface area (Å²) in [6.07, 6.45) is 3.56. The smallest absolute Gasteiger partial charge is 0.329 e. The number of nitrogens with zero attached hydrogens (tertiary/aromatic N) is 1. The van der Waals surface area contributed by atoms with Gasteiger partial charge in [0.1, 0.15) is 11.6 Å². The standard InChI is InChI=1S/C12H14N2O3/c1-12(2)7-9(11(16)17-12)14-10(15)8-3-5-13-6-4-8/h3-6,9H,7H2,1-2H3,(H,14,15). The number of ether oxygens (including phenoxy) is 1. The van der Waals surface area contributed by atoms with Crippen LogP contribution < -0.4 is 5.32 Å². The molecule has 0 bridgehead atoms. The zero-order chi connectivity index (χ0) is 12.5. The van der Waals surface area contributed by atoms with Gasteiger partial charge in [-0.15, -0.1) is 0 Å². The third-order valence-electron chi connectivity index (χ3n) is 2.60. The average molecular weight is 234 g/mol. The molecule has 1 amide bonds. The molecule has 1 fully saturated rings. The molecular formula is C12H14N2O3. The highest BCUT2D eigenvalue weighted by Crippen LogP contribution is 2.25. The Labute approximate surface area is 99.2 Å². The van der Waals surface area contributed by atoms with Crippen molar-refractivity contribution in [3.8, 4) is 0 Å². The molecule has 0 radical (unpaired) electrons. The molecule has 5 nitrogen and oxygen atoms in total. The number of carbonyl (C=O) groups excluding carboxylic acids is 2. The summed E-state index contributed by atoms with van der Waals surface area (Å²) in [6.45, 7) is 3.65. The summed E-state index contributed by atoms with van der Waals surface area (Å²) >= 11 is 0. The molecule has 90 valence electrons. The van der Waals surface area contributed by atoms with Gasteiger partial charge in [-0.25, -0.2) is 4.79 Å². The summed E-state index contributed by atoms with van der Waals surface area (Å²) in [4.78, 5) is 27.1. The Balaban J connectivity index is 2.03. The summed E-state index contributed by atoms with van der Waals surface area (Å²) in [7, 11) is 0. The van der Waals surface area contributed by atoms with E-state index in [4.69, 9.17) is 4.74 Å². The van der Waals surface area contributed by atoms with Crippen molar-refractivity contribution in [1.29, 1.82) is 0 Å². The van der Waals surface area contributed by atoms with E-state index in [1.54, 1.807) is 12.1 Å². The van der Waals surface area contributed by atoms with Crippen molar-refractivity contribution in [2.45, 2.75) is 31.9 Å². The zero-order valence-corrected chi connectivity index (χ0v) is 9.77. The SMILES string of the molecule is CC1(C)CC(NC(=O)c2ccncc2)C(=O)O1. The summed E-state index contributed by atoms with van der Waals surface area (Å²) in [6, 6.07) is 2.63. The van der Waals surface area contributed by atoms with Crippen LogP contribution in [0.5, 0.6) is 0 Å². The van der Waals surface area contributed by atoms with Crippen LogP contribution in [0.15, 0.2) is 24.5 Å². The Bertz CT molecular complexity index is 442. The molecular weight excluding hydrogens is 220 g/mol. The molecule has 5 heteroatoms. The minimum Gasteiger partial charge on any atom is -0.458 e. The number of pyridine rings is 1. The molecule has 0 saturated carbocycles. The van der Waals surface area contributed by atoms with Gasteiger partial charge in [0.15, 0.2) is 0 Å². The van der Waals surface area contributed by atoms with Gasteiger partial charge in [0.2, 0.25) is 0 Å². The normalized spacial score (nSPS) is 22.0. The maximum atomic E-state index is 11.8. The lowest BCUT2D eigenvalue weighted by Gasteiger charge is -2.14. The van der Waals surface area contributed by atoms with Crippen molar-refractivity contribution in [3.63, 3.8) is 0 Å². The number of esters is 1. The van der Waals surface area contributed by atoms with E-state index in [1.165, 1.54) is 12.4 Å². The van der Waals surface area contributed by atoms with Crippen LogP contribution in [0.25, 0.3) is 0 Å². The van der Waals surface area contributed by atoms with Gasteiger partial charge in [-0.1, -0.05) is 0 Å². The van der Waals surface area contributed by atoms with Crippen LogP contribution in [-0.2, 0) is 9.53 Å². The van der Waals surface area contributed by atoms with E-state index in [9.17, 15) is 9.59 Å². The van der Waals surface area contributed by atoms with E-state index in [0.29, 0.717) is 12.0 Å². The fourth-order valence-corrected chi connectivity index (χ4v) is 1.81. The van der Waals surface area contributed by atoms with E-state index < -0.39 is 11.6 Å². The predicted octanol–water partition coefficient (Wildman–Crippen LogP) is 0.905. The van der Waals surface area contributed by atoms with E-state index >= 15 is 0 Å². The molecule has 0 aromatic carbocycles. The first kappa shape index (κ1) is 11.6. The van der Waals surface area contributed by atoms with Crippen LogP contribution in [0.2, 0.25) is 0 Å². The Morgan fingerprint density at radius 1 is 1.47 bits per heavy atom. The van der Waals surface area contributed by atoms with Crippen molar-refractivity contribution >= 4 is 11.9 Å². The Hall–Kier alpha value is -1.91. The second kappa shape index (κ2) is 4.16. The minimum absolute atomic E-state index is 0.285. The maximum absolute atomic E-state index is 11.8. The quantitative estimate of drug-likeness (QED) is 0.772. The van der Waals surface area contributed by atoms with Crippen LogP contribution in [0.4, 0.5) is 0 Å². The van der Waals surface area contributed by atoms with Gasteiger partial charge in [0.25, 0.3) is 5.91 Å². The largest absolute Gasteiger partial charge is 0.458 e. The van der Waals surface area contributed by atoms with Gasteiger partial charge in [-0.2, -0.15) is 0 Å². The third-order valence-corrected chi connectivity index (χ3v) is 2.60. The van der Waals surface area contributed by atoms with Crippen molar-refractivity contribution in [2.24, 2.45) is 0 Å². The van der Waals surface area contributed by atoms with Crippen LogP contribution in [-0.4, -0.2) is 28.5 Å². The van der Waals surface area contributed by atoms with Crippen molar-refractivity contribution < 1.29 is 14.3 Å². The van der Waals surface area contributed by atoms with E-state index in [1.807, 2.05) is 13.8 Å². The number of aromatic nitrogens is 1. The first-order valence-electron chi connectivity index (χ1n) is 5.42. The molecule has 2 heterocycles. The zero-order valence-electron chi connectivity index (χ0n) is 9.77. The maximum Gasteiger partial charge on any atom is 0.329 e. The topological polar surface area (TPSA) is 68.3 Å². The predicted molar refractivity (Wildman–Crippen MR) is 60.3 cm³/mol. The van der Waals surface area contributed by atoms with Gasteiger partial charge in [-0.05, 0) is 26.0 Å². The van der Waals surface area contributed by atoms with Crippen LogP contribution in [0, 0.1) is 0 Å². The second-order valence-corrected chi connectivity index (χ2v) is 4.65. The van der Waals surface area contributed by atoms with Gasteiger partial charge in [0, 0.05) is 24.4 Å². The molecule has 1 aliphatic heterocycles.